The maximum Gasteiger partial charge on any atom is 0.122 e. The molecular weight excluding hydrogens is 284 g/mol. The molecule has 0 radical (unpaired) electrons. The Labute approximate surface area is 129 Å². The van der Waals surface area contributed by atoms with Crippen molar-refractivity contribution >= 4 is 17.4 Å². The van der Waals surface area contributed by atoms with Crippen LogP contribution in [-0.4, -0.2) is 15.4 Å². The van der Waals surface area contributed by atoms with Gasteiger partial charge in [-0.3, -0.25) is 5.41 Å². The number of rotatable bonds is 3. The SMILES string of the molecule is Cc1nc2c(n1Cc1ccc(C(=N)N)cc1Cl)CCCC2. The monoisotopic (exact) mass is 302 g/mol. The molecule has 0 atom stereocenters. The highest BCUT2D eigenvalue weighted by molar-refractivity contribution is 6.31. The molecule has 0 amide bonds. The van der Waals surface area contributed by atoms with Gasteiger partial charge in [-0.1, -0.05) is 23.7 Å². The number of nitrogen functional groups attached to an aromatic ring is 1. The quantitative estimate of drug-likeness (QED) is 0.676. The first-order valence-corrected chi connectivity index (χ1v) is 7.61. The van der Waals surface area contributed by atoms with Gasteiger partial charge in [-0.25, -0.2) is 4.98 Å². The minimum Gasteiger partial charge on any atom is -0.384 e. The van der Waals surface area contributed by atoms with Gasteiger partial charge in [0.2, 0.25) is 0 Å². The van der Waals surface area contributed by atoms with E-state index in [4.69, 9.17) is 22.7 Å². The summed E-state index contributed by atoms with van der Waals surface area (Å²) in [5, 5.41) is 8.11. The molecule has 0 fully saturated rings. The zero-order valence-corrected chi connectivity index (χ0v) is 12.9. The second kappa shape index (κ2) is 5.53. The van der Waals surface area contributed by atoms with Crippen LogP contribution in [0.2, 0.25) is 5.02 Å². The molecule has 21 heavy (non-hydrogen) atoms. The van der Waals surface area contributed by atoms with Crippen molar-refractivity contribution in [1.29, 1.82) is 5.41 Å². The number of aryl methyl sites for hydroxylation is 2. The summed E-state index contributed by atoms with van der Waals surface area (Å²) in [6.07, 6.45) is 4.64. The molecule has 110 valence electrons. The van der Waals surface area contributed by atoms with E-state index in [9.17, 15) is 0 Å². The standard InChI is InChI=1S/C16H19ClN4/c1-10-20-14-4-2-3-5-15(14)21(10)9-12-7-6-11(16(18)19)8-13(12)17/h6-8H,2-5,9H2,1H3,(H3,18,19). The molecule has 1 heterocycles. The molecule has 0 unspecified atom stereocenters. The third kappa shape index (κ3) is 2.68. The van der Waals surface area contributed by atoms with E-state index in [1.54, 1.807) is 6.07 Å². The minimum absolute atomic E-state index is 0.0413. The average molecular weight is 303 g/mol. The van der Waals surface area contributed by atoms with Crippen molar-refractivity contribution in [3.63, 3.8) is 0 Å². The van der Waals surface area contributed by atoms with Crippen molar-refractivity contribution in [3.8, 4) is 0 Å². The fourth-order valence-electron chi connectivity index (χ4n) is 2.96. The number of hydrogen-bond donors (Lipinski definition) is 2. The van der Waals surface area contributed by atoms with Crippen LogP contribution < -0.4 is 5.73 Å². The molecule has 3 N–H and O–H groups in total. The fraction of sp³-hybridized carbons (Fsp3) is 0.375. The summed E-state index contributed by atoms with van der Waals surface area (Å²) in [6, 6.07) is 5.56. The lowest BCUT2D eigenvalue weighted by Gasteiger charge is -2.16. The first kappa shape index (κ1) is 14.1. The van der Waals surface area contributed by atoms with Gasteiger partial charge in [-0.2, -0.15) is 0 Å². The summed E-state index contributed by atoms with van der Waals surface area (Å²) in [4.78, 5) is 4.69. The van der Waals surface area contributed by atoms with Gasteiger partial charge < -0.3 is 10.3 Å². The Bertz CT molecular complexity index is 703. The highest BCUT2D eigenvalue weighted by Crippen LogP contribution is 2.25. The highest BCUT2D eigenvalue weighted by atomic mass is 35.5. The molecule has 2 aromatic rings. The van der Waals surface area contributed by atoms with Crippen LogP contribution in [0.15, 0.2) is 18.2 Å². The van der Waals surface area contributed by atoms with Gasteiger partial charge in [0.15, 0.2) is 0 Å². The maximum absolute atomic E-state index is 7.46. The van der Waals surface area contributed by atoms with Gasteiger partial charge in [0.1, 0.15) is 11.7 Å². The van der Waals surface area contributed by atoms with Crippen LogP contribution in [0.1, 0.15) is 41.2 Å². The number of fused-ring (bicyclic) bond motifs is 1. The second-order valence-electron chi connectivity index (χ2n) is 5.57. The molecule has 1 aliphatic carbocycles. The third-order valence-electron chi connectivity index (χ3n) is 4.12. The number of amidine groups is 1. The topological polar surface area (TPSA) is 67.7 Å². The van der Waals surface area contributed by atoms with E-state index in [1.807, 2.05) is 12.1 Å². The van der Waals surface area contributed by atoms with E-state index < -0.39 is 0 Å². The van der Waals surface area contributed by atoms with Crippen LogP contribution in [0.5, 0.6) is 0 Å². The first-order chi connectivity index (χ1) is 10.1. The lowest BCUT2D eigenvalue weighted by Crippen LogP contribution is -2.13. The number of benzene rings is 1. The molecule has 0 saturated heterocycles. The molecule has 0 aliphatic heterocycles. The predicted octanol–water partition coefficient (Wildman–Crippen LogP) is 3.06. The fourth-order valence-corrected chi connectivity index (χ4v) is 3.20. The van der Waals surface area contributed by atoms with Gasteiger partial charge >= 0.3 is 0 Å². The Morgan fingerprint density at radius 2 is 2.14 bits per heavy atom. The number of nitrogens with one attached hydrogen (secondary N) is 1. The number of halogens is 1. The van der Waals surface area contributed by atoms with Crippen molar-refractivity contribution < 1.29 is 0 Å². The number of aromatic nitrogens is 2. The highest BCUT2D eigenvalue weighted by Gasteiger charge is 2.18. The predicted molar refractivity (Wildman–Crippen MR) is 85.2 cm³/mol. The molecule has 1 aliphatic rings. The average Bonchev–Trinajstić information content (AvgIpc) is 2.77. The summed E-state index contributed by atoms with van der Waals surface area (Å²) >= 11 is 6.34. The van der Waals surface area contributed by atoms with Crippen molar-refractivity contribution in [3.05, 3.63) is 51.6 Å². The minimum atomic E-state index is 0.0413. The summed E-state index contributed by atoms with van der Waals surface area (Å²) in [5.41, 5.74) is 9.79. The molecule has 0 saturated carbocycles. The number of nitrogens with two attached hydrogens (primary N) is 1. The van der Waals surface area contributed by atoms with Gasteiger partial charge in [-0.05, 0) is 44.2 Å². The zero-order valence-electron chi connectivity index (χ0n) is 12.1. The largest absolute Gasteiger partial charge is 0.384 e. The van der Waals surface area contributed by atoms with Crippen molar-refractivity contribution in [2.45, 2.75) is 39.2 Å². The van der Waals surface area contributed by atoms with Gasteiger partial charge in [0.05, 0.1) is 12.2 Å². The van der Waals surface area contributed by atoms with Crippen LogP contribution in [0.4, 0.5) is 0 Å². The first-order valence-electron chi connectivity index (χ1n) is 7.24. The number of hydrogen-bond acceptors (Lipinski definition) is 2. The molecule has 0 bridgehead atoms. The normalized spacial score (nSPS) is 14.0. The summed E-state index contributed by atoms with van der Waals surface area (Å²) in [7, 11) is 0. The van der Waals surface area contributed by atoms with Crippen LogP contribution >= 0.6 is 11.6 Å². The van der Waals surface area contributed by atoms with E-state index in [2.05, 4.69) is 16.5 Å². The Hall–Kier alpha value is -1.81. The molecule has 4 nitrogen and oxygen atoms in total. The maximum atomic E-state index is 7.46. The number of imidazole rings is 1. The van der Waals surface area contributed by atoms with Crippen molar-refractivity contribution in [2.75, 3.05) is 0 Å². The van der Waals surface area contributed by atoms with E-state index >= 15 is 0 Å². The smallest absolute Gasteiger partial charge is 0.122 e. The lowest BCUT2D eigenvalue weighted by molar-refractivity contribution is 0.624. The summed E-state index contributed by atoms with van der Waals surface area (Å²) in [6.45, 7) is 2.78. The molecular formula is C16H19ClN4. The Morgan fingerprint density at radius 3 is 2.86 bits per heavy atom. The van der Waals surface area contributed by atoms with Crippen LogP contribution in [0.25, 0.3) is 0 Å². The third-order valence-corrected chi connectivity index (χ3v) is 4.47. The molecule has 1 aromatic heterocycles. The van der Waals surface area contributed by atoms with Gasteiger partial charge in [0, 0.05) is 16.3 Å². The Balaban J connectivity index is 1.94. The molecule has 5 heteroatoms. The van der Waals surface area contributed by atoms with E-state index in [0.717, 1.165) is 30.8 Å². The zero-order chi connectivity index (χ0) is 15.0. The van der Waals surface area contributed by atoms with Crippen molar-refractivity contribution in [1.82, 2.24) is 9.55 Å². The lowest BCUT2D eigenvalue weighted by atomic mass is 10.0. The van der Waals surface area contributed by atoms with E-state index in [1.165, 1.54) is 24.2 Å². The molecule has 1 aromatic carbocycles. The van der Waals surface area contributed by atoms with Crippen LogP contribution in [0.3, 0.4) is 0 Å². The van der Waals surface area contributed by atoms with Gasteiger partial charge in [0.25, 0.3) is 0 Å². The molecule has 3 rings (SSSR count). The Kier molecular flexibility index (Phi) is 3.72. The summed E-state index contributed by atoms with van der Waals surface area (Å²) < 4.78 is 2.27. The molecule has 0 spiro atoms. The Morgan fingerprint density at radius 1 is 1.38 bits per heavy atom. The van der Waals surface area contributed by atoms with Crippen LogP contribution in [-0.2, 0) is 19.4 Å². The van der Waals surface area contributed by atoms with Crippen LogP contribution in [0, 0.1) is 12.3 Å². The second-order valence-corrected chi connectivity index (χ2v) is 5.97. The summed E-state index contributed by atoms with van der Waals surface area (Å²) in [5.74, 6) is 1.09. The van der Waals surface area contributed by atoms with E-state index in [-0.39, 0.29) is 5.84 Å². The van der Waals surface area contributed by atoms with Gasteiger partial charge in [-0.15, -0.1) is 0 Å². The van der Waals surface area contributed by atoms with E-state index in [0.29, 0.717) is 10.6 Å². The van der Waals surface area contributed by atoms with Crippen molar-refractivity contribution in [2.24, 2.45) is 5.73 Å². The number of nitrogens with zero attached hydrogens (tertiary/aromatic N) is 2.